The fourth-order valence-electron chi connectivity index (χ4n) is 2.73. The van der Waals surface area contributed by atoms with Crippen LogP contribution in [0.5, 0.6) is 0 Å². The van der Waals surface area contributed by atoms with Crippen molar-refractivity contribution in [3.05, 3.63) is 23.5 Å². The molecule has 20 heavy (non-hydrogen) atoms. The van der Waals surface area contributed by atoms with Crippen LogP contribution in [0.1, 0.15) is 41.2 Å². The molecule has 1 saturated carbocycles. The van der Waals surface area contributed by atoms with Crippen molar-refractivity contribution in [2.24, 2.45) is 0 Å². The van der Waals surface area contributed by atoms with Crippen molar-refractivity contribution in [2.75, 3.05) is 38.3 Å². The van der Waals surface area contributed by atoms with Crippen LogP contribution >= 0.6 is 0 Å². The van der Waals surface area contributed by atoms with E-state index in [1.165, 1.54) is 31.9 Å². The Hall–Kier alpha value is -1.62. The molecule has 1 aliphatic carbocycles. The molecule has 0 N–H and O–H groups in total. The summed E-state index contributed by atoms with van der Waals surface area (Å²) in [5.74, 6) is 0.237. The largest absolute Gasteiger partial charge is 0.464 e. The van der Waals surface area contributed by atoms with E-state index in [1.807, 2.05) is 6.20 Å². The van der Waals surface area contributed by atoms with Crippen molar-refractivity contribution in [3.8, 4) is 0 Å². The number of ether oxygens (including phenoxy) is 2. The highest BCUT2D eigenvalue weighted by Gasteiger charge is 2.25. The SMILES string of the molecule is COC(=O)c1ncc(C2CCC2)cc1N1CCOCC1. The third-order valence-electron chi connectivity index (χ3n) is 4.20. The van der Waals surface area contributed by atoms with Crippen LogP contribution < -0.4 is 4.90 Å². The standard InChI is InChI=1S/C15H20N2O3/c1-19-15(18)14-13(17-5-7-20-8-6-17)9-12(10-16-14)11-3-2-4-11/h9-11H,2-8H2,1H3. The molecule has 5 heteroatoms. The van der Waals surface area contributed by atoms with Crippen LogP contribution in [0.2, 0.25) is 0 Å². The van der Waals surface area contributed by atoms with E-state index in [4.69, 9.17) is 9.47 Å². The second-order valence-corrected chi connectivity index (χ2v) is 5.36. The Labute approximate surface area is 118 Å². The zero-order valence-electron chi connectivity index (χ0n) is 11.8. The molecule has 0 spiro atoms. The predicted octanol–water partition coefficient (Wildman–Crippen LogP) is 1.97. The third-order valence-corrected chi connectivity index (χ3v) is 4.20. The van der Waals surface area contributed by atoms with Gasteiger partial charge in [-0.3, -0.25) is 0 Å². The Bertz CT molecular complexity index is 494. The number of methoxy groups -OCH3 is 1. The molecule has 1 saturated heterocycles. The van der Waals surface area contributed by atoms with Crippen LogP contribution in [-0.2, 0) is 9.47 Å². The van der Waals surface area contributed by atoms with Gasteiger partial charge in [0.25, 0.3) is 0 Å². The summed E-state index contributed by atoms with van der Waals surface area (Å²) in [4.78, 5) is 18.4. The lowest BCUT2D eigenvalue weighted by Crippen LogP contribution is -2.37. The number of nitrogens with zero attached hydrogens (tertiary/aromatic N) is 2. The summed E-state index contributed by atoms with van der Waals surface area (Å²) in [7, 11) is 1.40. The number of carbonyl (C=O) groups is 1. The van der Waals surface area contributed by atoms with Gasteiger partial charge in [-0.2, -0.15) is 0 Å². The minimum Gasteiger partial charge on any atom is -0.464 e. The van der Waals surface area contributed by atoms with Crippen LogP contribution in [-0.4, -0.2) is 44.4 Å². The molecular weight excluding hydrogens is 256 g/mol. The molecule has 0 unspecified atom stereocenters. The monoisotopic (exact) mass is 276 g/mol. The molecule has 108 valence electrons. The van der Waals surface area contributed by atoms with Crippen LogP contribution in [0.25, 0.3) is 0 Å². The Morgan fingerprint density at radius 2 is 2.15 bits per heavy atom. The lowest BCUT2D eigenvalue weighted by molar-refractivity contribution is 0.0593. The van der Waals surface area contributed by atoms with Gasteiger partial charge in [0.15, 0.2) is 5.69 Å². The summed E-state index contributed by atoms with van der Waals surface area (Å²) in [6.45, 7) is 2.96. The van der Waals surface area contributed by atoms with Crippen molar-refractivity contribution < 1.29 is 14.3 Å². The minimum absolute atomic E-state index is 0.369. The second kappa shape index (κ2) is 5.79. The summed E-state index contributed by atoms with van der Waals surface area (Å²) < 4.78 is 10.2. The smallest absolute Gasteiger partial charge is 0.358 e. The quantitative estimate of drug-likeness (QED) is 0.790. The van der Waals surface area contributed by atoms with E-state index in [2.05, 4.69) is 16.0 Å². The summed E-state index contributed by atoms with van der Waals surface area (Å²) in [6.07, 6.45) is 5.57. The van der Waals surface area contributed by atoms with Crippen molar-refractivity contribution in [3.63, 3.8) is 0 Å². The predicted molar refractivity (Wildman–Crippen MR) is 75.2 cm³/mol. The molecule has 0 radical (unpaired) electrons. The molecule has 3 rings (SSSR count). The first-order chi connectivity index (χ1) is 9.79. The minimum atomic E-state index is -0.369. The Morgan fingerprint density at radius 1 is 1.40 bits per heavy atom. The van der Waals surface area contributed by atoms with E-state index in [0.717, 1.165) is 18.8 Å². The highest BCUT2D eigenvalue weighted by atomic mass is 16.5. The fourth-order valence-corrected chi connectivity index (χ4v) is 2.73. The average molecular weight is 276 g/mol. The van der Waals surface area contributed by atoms with Gasteiger partial charge in [0.2, 0.25) is 0 Å². The first-order valence-electron chi connectivity index (χ1n) is 7.20. The van der Waals surface area contributed by atoms with E-state index in [-0.39, 0.29) is 5.97 Å². The zero-order chi connectivity index (χ0) is 13.9. The van der Waals surface area contributed by atoms with Gasteiger partial charge in [0, 0.05) is 19.3 Å². The number of morpholine rings is 1. The van der Waals surface area contributed by atoms with Crippen molar-refractivity contribution >= 4 is 11.7 Å². The molecule has 2 fully saturated rings. The maximum atomic E-state index is 11.9. The van der Waals surface area contributed by atoms with E-state index in [1.54, 1.807) is 0 Å². The molecule has 2 heterocycles. The highest BCUT2D eigenvalue weighted by Crippen LogP contribution is 2.38. The molecule has 5 nitrogen and oxygen atoms in total. The molecular formula is C15H20N2O3. The zero-order valence-corrected chi connectivity index (χ0v) is 11.8. The van der Waals surface area contributed by atoms with Gasteiger partial charge in [0.1, 0.15) is 0 Å². The van der Waals surface area contributed by atoms with E-state index in [9.17, 15) is 4.79 Å². The topological polar surface area (TPSA) is 51.7 Å². The molecule has 1 aliphatic heterocycles. The molecule has 0 atom stereocenters. The second-order valence-electron chi connectivity index (χ2n) is 5.36. The number of hydrogen-bond donors (Lipinski definition) is 0. The fraction of sp³-hybridized carbons (Fsp3) is 0.600. The van der Waals surface area contributed by atoms with Crippen LogP contribution in [0.4, 0.5) is 5.69 Å². The molecule has 0 aromatic carbocycles. The van der Waals surface area contributed by atoms with Crippen LogP contribution in [0.15, 0.2) is 12.3 Å². The first-order valence-corrected chi connectivity index (χ1v) is 7.20. The summed E-state index contributed by atoms with van der Waals surface area (Å²) in [5.41, 5.74) is 2.55. The van der Waals surface area contributed by atoms with Crippen LogP contribution in [0, 0.1) is 0 Å². The van der Waals surface area contributed by atoms with E-state index in [0.29, 0.717) is 24.8 Å². The maximum absolute atomic E-state index is 11.9. The van der Waals surface area contributed by atoms with E-state index >= 15 is 0 Å². The van der Waals surface area contributed by atoms with E-state index < -0.39 is 0 Å². The number of pyridine rings is 1. The molecule has 0 amide bonds. The Morgan fingerprint density at radius 3 is 2.75 bits per heavy atom. The number of aromatic nitrogens is 1. The first kappa shape index (κ1) is 13.4. The normalized spacial score (nSPS) is 19.6. The Balaban J connectivity index is 1.94. The average Bonchev–Trinajstić information content (AvgIpc) is 2.45. The summed E-state index contributed by atoms with van der Waals surface area (Å²) in [5, 5.41) is 0. The van der Waals surface area contributed by atoms with Gasteiger partial charge in [-0.15, -0.1) is 0 Å². The number of anilines is 1. The molecule has 1 aromatic rings. The lowest BCUT2D eigenvalue weighted by atomic mass is 9.80. The van der Waals surface area contributed by atoms with Gasteiger partial charge < -0.3 is 14.4 Å². The van der Waals surface area contributed by atoms with Crippen molar-refractivity contribution in [2.45, 2.75) is 25.2 Å². The number of rotatable bonds is 3. The number of hydrogen-bond acceptors (Lipinski definition) is 5. The number of esters is 1. The Kier molecular flexibility index (Phi) is 3.87. The molecule has 2 aliphatic rings. The third kappa shape index (κ3) is 2.50. The van der Waals surface area contributed by atoms with Gasteiger partial charge in [-0.1, -0.05) is 6.42 Å². The maximum Gasteiger partial charge on any atom is 0.358 e. The van der Waals surface area contributed by atoms with Gasteiger partial charge in [0.05, 0.1) is 26.0 Å². The lowest BCUT2D eigenvalue weighted by Gasteiger charge is -2.32. The van der Waals surface area contributed by atoms with Gasteiger partial charge in [-0.05, 0) is 30.4 Å². The highest BCUT2D eigenvalue weighted by molar-refractivity contribution is 5.93. The summed E-state index contributed by atoms with van der Waals surface area (Å²) >= 11 is 0. The van der Waals surface area contributed by atoms with Gasteiger partial charge in [-0.25, -0.2) is 9.78 Å². The molecule has 0 bridgehead atoms. The van der Waals surface area contributed by atoms with Gasteiger partial charge >= 0.3 is 5.97 Å². The summed E-state index contributed by atoms with van der Waals surface area (Å²) in [6, 6.07) is 2.12. The number of carbonyl (C=O) groups excluding carboxylic acids is 1. The van der Waals surface area contributed by atoms with Crippen molar-refractivity contribution in [1.82, 2.24) is 4.98 Å². The molecule has 1 aromatic heterocycles. The van der Waals surface area contributed by atoms with Crippen LogP contribution in [0.3, 0.4) is 0 Å². The van der Waals surface area contributed by atoms with Crippen molar-refractivity contribution in [1.29, 1.82) is 0 Å².